The number of methoxy groups -OCH3 is 2. The first-order chi connectivity index (χ1) is 9.17. The van der Waals surface area contributed by atoms with Gasteiger partial charge in [0.1, 0.15) is 16.5 Å². The summed E-state index contributed by atoms with van der Waals surface area (Å²) < 4.78 is 10.6. The molecule has 0 saturated carbocycles. The molecule has 1 aromatic carbocycles. The van der Waals surface area contributed by atoms with E-state index in [2.05, 4.69) is 4.98 Å². The topological polar surface area (TPSA) is 57.4 Å². The van der Waals surface area contributed by atoms with E-state index in [1.54, 1.807) is 25.6 Å². The van der Waals surface area contributed by atoms with Crippen LogP contribution in [0.3, 0.4) is 0 Å². The van der Waals surface area contributed by atoms with Crippen LogP contribution < -0.4 is 15.2 Å². The lowest BCUT2D eigenvalue weighted by molar-refractivity contribution is 0.394. The van der Waals surface area contributed by atoms with E-state index >= 15 is 0 Å². The van der Waals surface area contributed by atoms with Crippen molar-refractivity contribution in [1.82, 2.24) is 4.98 Å². The van der Waals surface area contributed by atoms with Gasteiger partial charge in [-0.05, 0) is 32.0 Å². The van der Waals surface area contributed by atoms with Gasteiger partial charge in [-0.1, -0.05) is 0 Å². The molecule has 2 aromatic rings. The van der Waals surface area contributed by atoms with E-state index in [0.717, 1.165) is 34.2 Å². The van der Waals surface area contributed by atoms with Crippen molar-refractivity contribution in [1.29, 1.82) is 0 Å². The first-order valence-electron chi connectivity index (χ1n) is 6.07. The minimum absolute atomic E-state index is 0.643. The zero-order valence-corrected chi connectivity index (χ0v) is 12.2. The van der Waals surface area contributed by atoms with Gasteiger partial charge in [0, 0.05) is 16.5 Å². The van der Waals surface area contributed by atoms with Gasteiger partial charge in [-0.3, -0.25) is 0 Å². The fourth-order valence-electron chi connectivity index (χ4n) is 1.85. The molecule has 1 heterocycles. The van der Waals surface area contributed by atoms with E-state index in [1.807, 2.05) is 25.1 Å². The summed E-state index contributed by atoms with van der Waals surface area (Å²) in [4.78, 5) is 5.84. The molecule has 0 aliphatic carbocycles. The first kappa shape index (κ1) is 13.8. The molecule has 2 rings (SSSR count). The monoisotopic (exact) mass is 278 g/mol. The number of aromatic nitrogens is 1. The van der Waals surface area contributed by atoms with Gasteiger partial charge < -0.3 is 15.2 Å². The molecule has 2 N–H and O–H groups in total. The number of ether oxygens (including phenoxy) is 2. The number of aryl methyl sites for hydroxylation is 1. The van der Waals surface area contributed by atoms with Crippen LogP contribution in [0.1, 0.15) is 10.6 Å². The van der Waals surface area contributed by atoms with Crippen molar-refractivity contribution in [3.63, 3.8) is 0 Å². The molecule has 0 radical (unpaired) electrons. The maximum absolute atomic E-state index is 5.61. The van der Waals surface area contributed by atoms with E-state index in [0.29, 0.717) is 6.54 Å². The second-order valence-corrected chi connectivity index (χ2v) is 5.25. The Hall–Kier alpha value is -1.59. The van der Waals surface area contributed by atoms with Gasteiger partial charge in [0.05, 0.1) is 19.9 Å². The van der Waals surface area contributed by atoms with Crippen LogP contribution >= 0.6 is 11.3 Å². The third-order valence-corrected chi connectivity index (χ3v) is 4.13. The molecule has 0 saturated heterocycles. The lowest BCUT2D eigenvalue weighted by Gasteiger charge is -2.06. The summed E-state index contributed by atoms with van der Waals surface area (Å²) in [5, 5.41) is 0.971. The lowest BCUT2D eigenvalue weighted by Crippen LogP contribution is -2.01. The molecule has 0 spiro atoms. The van der Waals surface area contributed by atoms with E-state index < -0.39 is 0 Å². The Bertz CT molecular complexity index is 544. The summed E-state index contributed by atoms with van der Waals surface area (Å²) >= 11 is 1.67. The molecule has 0 unspecified atom stereocenters. The van der Waals surface area contributed by atoms with Gasteiger partial charge in [-0.15, -0.1) is 11.3 Å². The molecule has 1 aromatic heterocycles. The minimum atomic E-state index is 0.643. The molecule has 0 bridgehead atoms. The highest BCUT2D eigenvalue weighted by atomic mass is 32.1. The van der Waals surface area contributed by atoms with Crippen LogP contribution in [0.15, 0.2) is 18.2 Å². The molecule has 4 nitrogen and oxygen atoms in total. The molecule has 0 atom stereocenters. The van der Waals surface area contributed by atoms with Crippen LogP contribution in [0.5, 0.6) is 11.5 Å². The number of hydrogen-bond donors (Lipinski definition) is 1. The molecule has 5 heteroatoms. The molecule has 0 amide bonds. The molecule has 0 aliphatic rings. The number of rotatable bonds is 5. The maximum Gasteiger partial charge on any atom is 0.124 e. The predicted octanol–water partition coefficient (Wildman–Crippen LogP) is 2.64. The van der Waals surface area contributed by atoms with Gasteiger partial charge in [0.25, 0.3) is 0 Å². The minimum Gasteiger partial charge on any atom is -0.497 e. The standard InChI is InChI=1S/C14H18N2O2S/c1-9-13(4-5-15)19-14(16-9)10-6-11(17-2)8-12(7-10)18-3/h6-8H,4-5,15H2,1-3H3. The van der Waals surface area contributed by atoms with E-state index in [1.165, 1.54) is 4.88 Å². The summed E-state index contributed by atoms with van der Waals surface area (Å²) in [6, 6.07) is 5.78. The molecule has 0 fully saturated rings. The third kappa shape index (κ3) is 3.05. The number of thiazole rings is 1. The highest BCUT2D eigenvalue weighted by Crippen LogP contribution is 2.33. The molecular formula is C14H18N2O2S. The Balaban J connectivity index is 2.42. The van der Waals surface area contributed by atoms with Gasteiger partial charge >= 0.3 is 0 Å². The quantitative estimate of drug-likeness (QED) is 0.913. The normalized spacial score (nSPS) is 10.5. The Labute approximate surface area is 117 Å². The van der Waals surface area contributed by atoms with E-state index in [-0.39, 0.29) is 0 Å². The summed E-state index contributed by atoms with van der Waals surface area (Å²) in [5.41, 5.74) is 7.66. The van der Waals surface area contributed by atoms with Crippen LogP contribution in [-0.2, 0) is 6.42 Å². The number of hydrogen-bond acceptors (Lipinski definition) is 5. The van der Waals surface area contributed by atoms with Crippen molar-refractivity contribution in [2.45, 2.75) is 13.3 Å². The number of nitrogens with two attached hydrogens (primary N) is 1. The summed E-state index contributed by atoms with van der Waals surface area (Å²) in [5.74, 6) is 1.53. The fraction of sp³-hybridized carbons (Fsp3) is 0.357. The van der Waals surface area contributed by atoms with Crippen LogP contribution in [0.25, 0.3) is 10.6 Å². The average Bonchev–Trinajstić information content (AvgIpc) is 2.80. The van der Waals surface area contributed by atoms with Crippen molar-refractivity contribution in [3.8, 4) is 22.1 Å². The Morgan fingerprint density at radius 3 is 2.32 bits per heavy atom. The van der Waals surface area contributed by atoms with Crippen molar-refractivity contribution in [3.05, 3.63) is 28.8 Å². The summed E-state index contributed by atoms with van der Waals surface area (Å²) in [7, 11) is 3.29. The Kier molecular flexibility index (Phi) is 4.39. The van der Waals surface area contributed by atoms with Crippen LogP contribution in [0.2, 0.25) is 0 Å². The zero-order valence-electron chi connectivity index (χ0n) is 11.4. The molecular weight excluding hydrogens is 260 g/mol. The second kappa shape index (κ2) is 6.04. The van der Waals surface area contributed by atoms with Crippen molar-refractivity contribution in [2.24, 2.45) is 5.73 Å². The molecule has 102 valence electrons. The van der Waals surface area contributed by atoms with Crippen molar-refractivity contribution >= 4 is 11.3 Å². The lowest BCUT2D eigenvalue weighted by atomic mass is 10.2. The largest absolute Gasteiger partial charge is 0.497 e. The van der Waals surface area contributed by atoms with Gasteiger partial charge in [-0.25, -0.2) is 4.98 Å². The maximum atomic E-state index is 5.61. The van der Waals surface area contributed by atoms with E-state index in [9.17, 15) is 0 Å². The Morgan fingerprint density at radius 2 is 1.79 bits per heavy atom. The van der Waals surface area contributed by atoms with Crippen molar-refractivity contribution in [2.75, 3.05) is 20.8 Å². The second-order valence-electron chi connectivity index (χ2n) is 4.17. The summed E-state index contributed by atoms with van der Waals surface area (Å²) in [6.45, 7) is 2.66. The van der Waals surface area contributed by atoms with Gasteiger partial charge in [0.15, 0.2) is 0 Å². The molecule has 19 heavy (non-hydrogen) atoms. The van der Waals surface area contributed by atoms with Crippen molar-refractivity contribution < 1.29 is 9.47 Å². The third-order valence-electron chi connectivity index (χ3n) is 2.86. The van der Waals surface area contributed by atoms with Gasteiger partial charge in [-0.2, -0.15) is 0 Å². The van der Waals surface area contributed by atoms with Crippen LogP contribution in [-0.4, -0.2) is 25.7 Å². The fourth-order valence-corrected chi connectivity index (χ4v) is 2.91. The number of benzene rings is 1. The first-order valence-corrected chi connectivity index (χ1v) is 6.89. The van der Waals surface area contributed by atoms with Gasteiger partial charge in [0.2, 0.25) is 0 Å². The highest BCUT2D eigenvalue weighted by molar-refractivity contribution is 7.15. The SMILES string of the molecule is COc1cc(OC)cc(-c2nc(C)c(CCN)s2)c1. The number of nitrogens with zero attached hydrogens (tertiary/aromatic N) is 1. The summed E-state index contributed by atoms with van der Waals surface area (Å²) in [6.07, 6.45) is 0.866. The zero-order chi connectivity index (χ0) is 13.8. The van der Waals surface area contributed by atoms with Crippen LogP contribution in [0, 0.1) is 6.92 Å². The van der Waals surface area contributed by atoms with E-state index in [4.69, 9.17) is 15.2 Å². The molecule has 0 aliphatic heterocycles. The average molecular weight is 278 g/mol. The van der Waals surface area contributed by atoms with Crippen LogP contribution in [0.4, 0.5) is 0 Å². The smallest absolute Gasteiger partial charge is 0.124 e. The highest BCUT2D eigenvalue weighted by Gasteiger charge is 2.11. The Morgan fingerprint density at radius 1 is 1.16 bits per heavy atom. The predicted molar refractivity (Wildman–Crippen MR) is 78.1 cm³/mol.